The van der Waals surface area contributed by atoms with E-state index in [2.05, 4.69) is 26.0 Å². The van der Waals surface area contributed by atoms with E-state index in [4.69, 9.17) is 0 Å². The average molecular weight is 627 g/mol. The fourth-order valence-corrected chi connectivity index (χ4v) is 7.19. The molecule has 1 N–H and O–H groups in total. The van der Waals surface area contributed by atoms with Crippen LogP contribution in [0.15, 0.2) is 35.3 Å². The van der Waals surface area contributed by atoms with Crippen molar-refractivity contribution in [2.75, 3.05) is 62.2 Å². The Balaban J connectivity index is 1.25. The number of fused-ring (bicyclic) bond motifs is 1. The first-order valence-electron chi connectivity index (χ1n) is 14.6. The lowest BCUT2D eigenvalue weighted by Gasteiger charge is -2.39. The smallest absolute Gasteiger partial charge is 0.236 e. The van der Waals surface area contributed by atoms with Crippen molar-refractivity contribution in [1.82, 2.24) is 19.6 Å². The number of aliphatic imine (C=N–C) groups is 1. The number of anilines is 2. The summed E-state index contributed by atoms with van der Waals surface area (Å²) in [6.45, 7) is 8.31. The van der Waals surface area contributed by atoms with Crippen molar-refractivity contribution in [3.05, 3.63) is 53.3 Å². The highest BCUT2D eigenvalue weighted by atomic mass is 32.2. The number of likely N-dealkylation sites (tertiary alicyclic amines) is 1. The van der Waals surface area contributed by atoms with Crippen LogP contribution in [0, 0.1) is 28.8 Å². The van der Waals surface area contributed by atoms with Gasteiger partial charge in [0.15, 0.2) is 27.7 Å². The molecule has 2 saturated heterocycles. The Kier molecular flexibility index (Phi) is 8.21. The number of aryl methyl sites for hydroxylation is 1. The quantitative estimate of drug-likeness (QED) is 0.407. The molecule has 1 amide bonds. The Bertz CT molecular complexity index is 1650. The molecule has 10 nitrogen and oxygen atoms in total. The van der Waals surface area contributed by atoms with E-state index < -0.39 is 33.8 Å². The first-order valence-corrected chi connectivity index (χ1v) is 15.5. The predicted octanol–water partition coefficient (Wildman–Crippen LogP) is 3.15. The summed E-state index contributed by atoms with van der Waals surface area (Å²) in [6.07, 6.45) is 1.03. The molecular weight excluding hydrogens is 593 g/mol. The van der Waals surface area contributed by atoms with E-state index in [0.717, 1.165) is 12.1 Å². The Morgan fingerprint density at radius 2 is 1.86 bits per heavy atom. The number of carbonyl (C=O) groups is 1. The molecule has 0 radical (unpaired) electrons. The Labute approximate surface area is 257 Å². The summed E-state index contributed by atoms with van der Waals surface area (Å²) in [5.41, 5.74) is 0.620. The number of hydrogen-bond acceptors (Lipinski definition) is 9. The van der Waals surface area contributed by atoms with Gasteiger partial charge in [-0.1, -0.05) is 17.8 Å². The van der Waals surface area contributed by atoms with Gasteiger partial charge in [0.25, 0.3) is 0 Å². The van der Waals surface area contributed by atoms with Crippen LogP contribution in [0.3, 0.4) is 0 Å². The topological polar surface area (TPSA) is 104 Å². The molecule has 6 rings (SSSR count). The van der Waals surface area contributed by atoms with E-state index in [1.807, 2.05) is 24.8 Å². The van der Waals surface area contributed by atoms with Crippen LogP contribution in [0.4, 0.5) is 24.7 Å². The zero-order chi connectivity index (χ0) is 31.2. The lowest BCUT2D eigenvalue weighted by atomic mass is 10.0. The van der Waals surface area contributed by atoms with Crippen LogP contribution in [-0.2, 0) is 16.1 Å². The number of halogens is 3. The van der Waals surface area contributed by atoms with E-state index in [1.54, 1.807) is 9.58 Å². The second-order valence-electron chi connectivity index (χ2n) is 11.2. The van der Waals surface area contributed by atoms with Gasteiger partial charge in [-0.15, -0.1) is 0 Å². The number of amides is 1. The Hall–Kier alpha value is -3.80. The number of hydrogen-bond donors (Lipinski definition) is 1. The zero-order valence-electron chi connectivity index (χ0n) is 24.5. The van der Waals surface area contributed by atoms with Crippen LogP contribution in [0.5, 0.6) is 0 Å². The maximum Gasteiger partial charge on any atom is 0.236 e. The highest BCUT2D eigenvalue weighted by Gasteiger charge is 2.42. The van der Waals surface area contributed by atoms with Gasteiger partial charge in [-0.05, 0) is 43.7 Å². The molecule has 1 aromatic heterocycles. The van der Waals surface area contributed by atoms with Gasteiger partial charge in [-0.2, -0.15) is 10.4 Å². The maximum atomic E-state index is 15.6. The Morgan fingerprint density at radius 1 is 1.11 bits per heavy atom. The van der Waals surface area contributed by atoms with E-state index in [1.165, 1.54) is 30.1 Å². The zero-order valence-corrected chi connectivity index (χ0v) is 25.3. The first-order chi connectivity index (χ1) is 21.2. The fourth-order valence-electron chi connectivity index (χ4n) is 5.92. The van der Waals surface area contributed by atoms with Crippen LogP contribution < -0.4 is 9.80 Å². The van der Waals surface area contributed by atoms with Crippen LogP contribution in [0.1, 0.15) is 19.4 Å². The Morgan fingerprint density at radius 3 is 2.50 bits per heavy atom. The predicted molar refractivity (Wildman–Crippen MR) is 163 cm³/mol. The minimum Gasteiger partial charge on any atom is -0.389 e. The fraction of sp³-hybridized carbons (Fsp3) is 0.467. The molecule has 0 aliphatic carbocycles. The van der Waals surface area contributed by atoms with E-state index >= 15 is 4.39 Å². The molecule has 0 saturated carbocycles. The number of benzene rings is 2. The minimum absolute atomic E-state index is 0.00455. The number of thioether (sulfide) groups is 1. The highest BCUT2D eigenvalue weighted by molar-refractivity contribution is 8.02. The molecule has 3 aromatic rings. The maximum absolute atomic E-state index is 15.6. The number of aliphatic hydroxyl groups excluding tert-OH is 1. The number of rotatable bonds is 8. The van der Waals surface area contributed by atoms with Crippen LogP contribution >= 0.6 is 11.8 Å². The average Bonchev–Trinajstić information content (AvgIpc) is 3.61. The normalized spacial score (nSPS) is 22.4. The number of aromatic nitrogens is 2. The standard InChI is InChI=1S/C30H33F3N8O2S/c1-3-40(29-35-18-30(17-34,44-29)19-5-6-23(31)24(32)11-19)28-22-12-20(13-25(33)27(22)36-41(28)4-2)38-9-7-37(8-10-38)16-26(43)39-14-21(42)15-39/h5-6,11-13,18,21,29,42H,3-4,7-10,14-16H2,1-2H3. The molecule has 232 valence electrons. The summed E-state index contributed by atoms with van der Waals surface area (Å²) in [5, 5.41) is 24.8. The molecule has 4 heterocycles. The van der Waals surface area contributed by atoms with Crippen molar-refractivity contribution in [3.63, 3.8) is 0 Å². The highest BCUT2D eigenvalue weighted by Crippen LogP contribution is 2.46. The van der Waals surface area contributed by atoms with Crippen molar-refractivity contribution >= 4 is 46.3 Å². The lowest BCUT2D eigenvalue weighted by molar-refractivity contribution is -0.142. The molecule has 3 aliphatic heterocycles. The number of carbonyl (C=O) groups excluding carboxylic acids is 1. The van der Waals surface area contributed by atoms with Gasteiger partial charge < -0.3 is 19.8 Å². The van der Waals surface area contributed by atoms with E-state index in [0.29, 0.717) is 75.8 Å². The number of piperazine rings is 1. The molecule has 2 atom stereocenters. The molecule has 0 spiro atoms. The molecular formula is C30H33F3N8O2S. The van der Waals surface area contributed by atoms with Crippen LogP contribution in [0.25, 0.3) is 10.9 Å². The van der Waals surface area contributed by atoms with Gasteiger partial charge in [0.1, 0.15) is 11.3 Å². The third-order valence-corrected chi connectivity index (χ3v) is 9.83. The second kappa shape index (κ2) is 11.9. The first kappa shape index (κ1) is 30.2. The molecule has 2 unspecified atom stereocenters. The minimum atomic E-state index is -1.33. The van der Waals surface area contributed by atoms with Gasteiger partial charge in [0.05, 0.1) is 18.7 Å². The molecule has 14 heteroatoms. The summed E-state index contributed by atoms with van der Waals surface area (Å²) in [4.78, 5) is 24.8. The van der Waals surface area contributed by atoms with Gasteiger partial charge >= 0.3 is 0 Å². The van der Waals surface area contributed by atoms with Crippen molar-refractivity contribution in [2.45, 2.75) is 36.7 Å². The third kappa shape index (κ3) is 5.37. The van der Waals surface area contributed by atoms with Gasteiger partial charge in [-0.3, -0.25) is 14.7 Å². The number of nitriles is 1. The lowest BCUT2D eigenvalue weighted by Crippen LogP contribution is -2.57. The monoisotopic (exact) mass is 626 g/mol. The third-order valence-electron chi connectivity index (χ3n) is 8.43. The number of aliphatic hydroxyl groups is 1. The molecule has 3 aliphatic rings. The largest absolute Gasteiger partial charge is 0.389 e. The van der Waals surface area contributed by atoms with Gasteiger partial charge in [0, 0.05) is 69.6 Å². The molecule has 2 fully saturated rings. The summed E-state index contributed by atoms with van der Waals surface area (Å²) in [5.74, 6) is -1.83. The van der Waals surface area contributed by atoms with Crippen molar-refractivity contribution < 1.29 is 23.1 Å². The second-order valence-corrected chi connectivity index (χ2v) is 12.5. The summed E-state index contributed by atoms with van der Waals surface area (Å²) < 4.78 is 43.7. The van der Waals surface area contributed by atoms with E-state index in [-0.39, 0.29) is 17.0 Å². The van der Waals surface area contributed by atoms with Crippen LogP contribution in [0.2, 0.25) is 0 Å². The van der Waals surface area contributed by atoms with E-state index in [9.17, 15) is 23.9 Å². The molecule has 44 heavy (non-hydrogen) atoms. The van der Waals surface area contributed by atoms with Crippen molar-refractivity contribution in [2.24, 2.45) is 4.99 Å². The SMILES string of the molecule is CCN(c1c2cc(N3CCN(CC(=O)N4CC(O)C4)CC3)cc(F)c2nn1CC)C1N=CC(C#N)(c2ccc(F)c(F)c2)S1. The van der Waals surface area contributed by atoms with Crippen molar-refractivity contribution in [1.29, 1.82) is 5.26 Å². The van der Waals surface area contributed by atoms with Gasteiger partial charge in [0.2, 0.25) is 5.91 Å². The van der Waals surface area contributed by atoms with Gasteiger partial charge in [-0.25, -0.2) is 17.9 Å². The summed E-state index contributed by atoms with van der Waals surface area (Å²) >= 11 is 1.19. The molecule has 0 bridgehead atoms. The number of β-amino-alcohol motifs (C(OH)–C–C–N with tert-alkyl or cyclic N) is 1. The summed E-state index contributed by atoms with van der Waals surface area (Å²) in [6, 6.07) is 9.05. The summed E-state index contributed by atoms with van der Waals surface area (Å²) in [7, 11) is 0. The van der Waals surface area contributed by atoms with Crippen molar-refractivity contribution in [3.8, 4) is 6.07 Å². The number of nitrogens with zero attached hydrogens (tertiary/aromatic N) is 8. The molecule has 2 aromatic carbocycles. The van der Waals surface area contributed by atoms with Crippen LogP contribution in [-0.4, -0.2) is 101 Å².